The van der Waals surface area contributed by atoms with Crippen LogP contribution in [0.3, 0.4) is 0 Å². The zero-order valence-electron chi connectivity index (χ0n) is 20.2. The van der Waals surface area contributed by atoms with Gasteiger partial charge in [-0.1, -0.05) is 149 Å². The Morgan fingerprint density at radius 3 is 0.966 bits per heavy atom. The first-order chi connectivity index (χ1) is 14.2. The summed E-state index contributed by atoms with van der Waals surface area (Å²) in [6.45, 7) is 4.52. The van der Waals surface area contributed by atoms with Crippen molar-refractivity contribution in [3.05, 3.63) is 0 Å². The molecular formula is C27H54O2. The third-order valence-corrected chi connectivity index (χ3v) is 6.41. The van der Waals surface area contributed by atoms with E-state index < -0.39 is 5.97 Å². The van der Waals surface area contributed by atoms with Crippen LogP contribution < -0.4 is 0 Å². The van der Waals surface area contributed by atoms with Gasteiger partial charge in [-0.3, -0.25) is 4.79 Å². The highest BCUT2D eigenvalue weighted by Crippen LogP contribution is 2.20. The van der Waals surface area contributed by atoms with E-state index in [2.05, 4.69) is 13.8 Å². The van der Waals surface area contributed by atoms with Crippen LogP contribution in [-0.2, 0) is 4.79 Å². The topological polar surface area (TPSA) is 37.3 Å². The predicted molar refractivity (Wildman–Crippen MR) is 129 cm³/mol. The van der Waals surface area contributed by atoms with Crippen molar-refractivity contribution in [3.63, 3.8) is 0 Å². The molecule has 0 radical (unpaired) electrons. The molecule has 0 bridgehead atoms. The minimum absolute atomic E-state index is 0.0945. The van der Waals surface area contributed by atoms with Crippen molar-refractivity contribution in [1.82, 2.24) is 0 Å². The van der Waals surface area contributed by atoms with Gasteiger partial charge in [0, 0.05) is 0 Å². The number of hydrogen-bond acceptors (Lipinski definition) is 1. The number of carboxylic acids is 1. The molecule has 0 aliphatic heterocycles. The minimum Gasteiger partial charge on any atom is -0.481 e. The summed E-state index contributed by atoms with van der Waals surface area (Å²) in [6, 6.07) is 0. The monoisotopic (exact) mass is 410 g/mol. The van der Waals surface area contributed by atoms with E-state index in [1.54, 1.807) is 0 Å². The molecule has 0 rings (SSSR count). The molecule has 0 fully saturated rings. The van der Waals surface area contributed by atoms with E-state index in [0.717, 1.165) is 25.7 Å². The van der Waals surface area contributed by atoms with E-state index in [9.17, 15) is 9.90 Å². The standard InChI is InChI=1S/C27H54O2/c1-3-5-7-9-11-12-13-14-15-16-17-19-21-23-25-26(27(28)29)24-22-20-18-10-8-6-4-2/h26H,3-25H2,1-2H3,(H,28,29). The van der Waals surface area contributed by atoms with Gasteiger partial charge in [-0.2, -0.15) is 0 Å². The Bertz CT molecular complexity index is 326. The van der Waals surface area contributed by atoms with Gasteiger partial charge >= 0.3 is 5.97 Å². The van der Waals surface area contributed by atoms with Gasteiger partial charge < -0.3 is 5.11 Å². The number of carboxylic acid groups (broad SMARTS) is 1. The lowest BCUT2D eigenvalue weighted by molar-refractivity contribution is -0.142. The number of unbranched alkanes of at least 4 members (excludes halogenated alkanes) is 19. The van der Waals surface area contributed by atoms with Crippen LogP contribution >= 0.6 is 0 Å². The molecule has 2 heteroatoms. The van der Waals surface area contributed by atoms with Crippen LogP contribution in [0.2, 0.25) is 0 Å². The zero-order valence-corrected chi connectivity index (χ0v) is 20.2. The molecule has 0 aliphatic carbocycles. The molecule has 0 spiro atoms. The van der Waals surface area contributed by atoms with Crippen LogP contribution in [0.15, 0.2) is 0 Å². The fourth-order valence-electron chi connectivity index (χ4n) is 4.32. The summed E-state index contributed by atoms with van der Waals surface area (Å²) in [5.41, 5.74) is 0. The van der Waals surface area contributed by atoms with Crippen molar-refractivity contribution in [2.45, 2.75) is 162 Å². The first kappa shape index (κ1) is 28.5. The quantitative estimate of drug-likeness (QED) is 0.161. The van der Waals surface area contributed by atoms with Crippen molar-refractivity contribution in [1.29, 1.82) is 0 Å². The second-order valence-electron chi connectivity index (χ2n) is 9.33. The third-order valence-electron chi connectivity index (χ3n) is 6.41. The molecule has 1 unspecified atom stereocenters. The molecule has 0 aromatic carbocycles. The van der Waals surface area contributed by atoms with Gasteiger partial charge in [-0.05, 0) is 12.8 Å². The lowest BCUT2D eigenvalue weighted by Gasteiger charge is -2.12. The van der Waals surface area contributed by atoms with E-state index in [4.69, 9.17) is 0 Å². The number of aliphatic carboxylic acids is 1. The van der Waals surface area contributed by atoms with E-state index >= 15 is 0 Å². The molecule has 0 amide bonds. The van der Waals surface area contributed by atoms with Gasteiger partial charge in [-0.25, -0.2) is 0 Å². The molecule has 2 nitrogen and oxygen atoms in total. The highest BCUT2D eigenvalue weighted by Gasteiger charge is 2.16. The summed E-state index contributed by atoms with van der Waals surface area (Å²) in [7, 11) is 0. The number of rotatable bonds is 24. The second kappa shape index (κ2) is 23.7. The summed E-state index contributed by atoms with van der Waals surface area (Å²) < 4.78 is 0. The number of hydrogen-bond donors (Lipinski definition) is 1. The van der Waals surface area contributed by atoms with E-state index in [-0.39, 0.29) is 5.92 Å². The van der Waals surface area contributed by atoms with E-state index in [0.29, 0.717) is 0 Å². The highest BCUT2D eigenvalue weighted by molar-refractivity contribution is 5.69. The van der Waals surface area contributed by atoms with Crippen molar-refractivity contribution in [2.75, 3.05) is 0 Å². The Morgan fingerprint density at radius 2 is 0.724 bits per heavy atom. The maximum absolute atomic E-state index is 11.5. The fraction of sp³-hybridized carbons (Fsp3) is 0.963. The Hall–Kier alpha value is -0.530. The Balaban J connectivity index is 3.39. The van der Waals surface area contributed by atoms with Crippen molar-refractivity contribution < 1.29 is 9.90 Å². The van der Waals surface area contributed by atoms with Gasteiger partial charge in [-0.15, -0.1) is 0 Å². The maximum atomic E-state index is 11.5. The molecular weight excluding hydrogens is 356 g/mol. The van der Waals surface area contributed by atoms with Crippen LogP contribution in [0.4, 0.5) is 0 Å². The molecule has 1 N–H and O–H groups in total. The van der Waals surface area contributed by atoms with Crippen molar-refractivity contribution in [2.24, 2.45) is 5.92 Å². The summed E-state index contributed by atoms with van der Waals surface area (Å²) in [4.78, 5) is 11.5. The lowest BCUT2D eigenvalue weighted by Crippen LogP contribution is -2.13. The van der Waals surface area contributed by atoms with E-state index in [1.165, 1.54) is 122 Å². The third kappa shape index (κ3) is 22.0. The minimum atomic E-state index is -0.564. The van der Waals surface area contributed by atoms with Gasteiger partial charge in [0.2, 0.25) is 0 Å². The molecule has 0 saturated heterocycles. The van der Waals surface area contributed by atoms with Crippen LogP contribution in [0.5, 0.6) is 0 Å². The predicted octanol–water partition coefficient (Wildman–Crippen LogP) is 9.70. The average Bonchev–Trinajstić information content (AvgIpc) is 2.71. The summed E-state index contributed by atoms with van der Waals surface area (Å²) >= 11 is 0. The van der Waals surface area contributed by atoms with Gasteiger partial charge in [0.05, 0.1) is 5.92 Å². The zero-order chi connectivity index (χ0) is 21.4. The SMILES string of the molecule is CCCCCCCCCCCCCCCCC(CCCCCCCCC)C(=O)O. The summed E-state index contributed by atoms with van der Waals surface area (Å²) in [6.07, 6.45) is 29.7. The normalized spacial score (nSPS) is 12.3. The lowest BCUT2D eigenvalue weighted by atomic mass is 9.94. The summed E-state index contributed by atoms with van der Waals surface area (Å²) in [5.74, 6) is -0.659. The average molecular weight is 411 g/mol. The van der Waals surface area contributed by atoms with Gasteiger partial charge in [0.25, 0.3) is 0 Å². The molecule has 29 heavy (non-hydrogen) atoms. The first-order valence-electron chi connectivity index (χ1n) is 13.4. The molecule has 0 heterocycles. The molecule has 0 aliphatic rings. The molecule has 0 aromatic heterocycles. The second-order valence-corrected chi connectivity index (χ2v) is 9.33. The molecule has 174 valence electrons. The van der Waals surface area contributed by atoms with Crippen LogP contribution in [0, 0.1) is 5.92 Å². The largest absolute Gasteiger partial charge is 0.481 e. The first-order valence-corrected chi connectivity index (χ1v) is 13.4. The molecule has 1 atom stereocenters. The Labute approximate surface area is 183 Å². The van der Waals surface area contributed by atoms with Crippen LogP contribution in [-0.4, -0.2) is 11.1 Å². The van der Waals surface area contributed by atoms with Crippen molar-refractivity contribution in [3.8, 4) is 0 Å². The smallest absolute Gasteiger partial charge is 0.306 e. The molecule has 0 aromatic rings. The molecule has 0 saturated carbocycles. The highest BCUT2D eigenvalue weighted by atomic mass is 16.4. The van der Waals surface area contributed by atoms with Gasteiger partial charge in [0.15, 0.2) is 0 Å². The maximum Gasteiger partial charge on any atom is 0.306 e. The fourth-order valence-corrected chi connectivity index (χ4v) is 4.32. The summed E-state index contributed by atoms with van der Waals surface area (Å²) in [5, 5.41) is 9.45. The number of carbonyl (C=O) groups is 1. The van der Waals surface area contributed by atoms with Crippen LogP contribution in [0.25, 0.3) is 0 Å². The van der Waals surface area contributed by atoms with Crippen LogP contribution in [0.1, 0.15) is 162 Å². The Kier molecular flexibility index (Phi) is 23.3. The van der Waals surface area contributed by atoms with Crippen molar-refractivity contribution >= 4 is 5.97 Å². The van der Waals surface area contributed by atoms with Gasteiger partial charge in [0.1, 0.15) is 0 Å². The Morgan fingerprint density at radius 1 is 0.483 bits per heavy atom. The van der Waals surface area contributed by atoms with E-state index in [1.807, 2.05) is 0 Å².